The Labute approximate surface area is 105 Å². The van der Waals surface area contributed by atoms with Gasteiger partial charge in [-0.05, 0) is 31.0 Å². The van der Waals surface area contributed by atoms with E-state index in [1.54, 1.807) is 19.9 Å². The molecule has 0 fully saturated rings. The summed E-state index contributed by atoms with van der Waals surface area (Å²) in [6, 6.07) is 4.12. The minimum Gasteiger partial charge on any atom is -0.222 e. The Balaban J connectivity index is 3.47. The molecular weight excluding hydrogens is 260 g/mol. The normalized spacial score (nSPS) is 12.2. The molecule has 1 aromatic carbocycles. The molecular formula is C12H13F2NO2S. The molecule has 0 aromatic heterocycles. The Hall–Kier alpha value is -1.48. The van der Waals surface area contributed by atoms with E-state index in [-0.39, 0.29) is 17.7 Å². The van der Waals surface area contributed by atoms with Crippen LogP contribution in [-0.4, -0.2) is 13.2 Å². The number of rotatable bonds is 4. The number of hydrogen-bond acceptors (Lipinski definition) is 3. The van der Waals surface area contributed by atoms with E-state index in [9.17, 15) is 17.2 Å². The molecule has 0 spiro atoms. The van der Waals surface area contributed by atoms with Crippen molar-refractivity contribution in [3.05, 3.63) is 29.8 Å². The van der Waals surface area contributed by atoms with Crippen LogP contribution in [0.15, 0.2) is 23.1 Å². The average molecular weight is 273 g/mol. The standard InChI is InChI=1S/C12H13F2NO2S/c1-3-12(4-2,8-15)18(16,17)9-5-6-10(13)11(14)7-9/h5-7H,3-4H2,1-2H3. The molecule has 3 nitrogen and oxygen atoms in total. The molecule has 0 aliphatic rings. The van der Waals surface area contributed by atoms with Gasteiger partial charge in [-0.2, -0.15) is 5.26 Å². The molecule has 0 atom stereocenters. The second-order valence-electron chi connectivity index (χ2n) is 3.89. The smallest absolute Gasteiger partial charge is 0.197 e. The Morgan fingerprint density at radius 1 is 1.22 bits per heavy atom. The van der Waals surface area contributed by atoms with Gasteiger partial charge in [0.1, 0.15) is 0 Å². The van der Waals surface area contributed by atoms with E-state index in [0.717, 1.165) is 12.1 Å². The van der Waals surface area contributed by atoms with Gasteiger partial charge in [-0.3, -0.25) is 0 Å². The van der Waals surface area contributed by atoms with Crippen LogP contribution in [0.1, 0.15) is 26.7 Å². The molecule has 18 heavy (non-hydrogen) atoms. The quantitative estimate of drug-likeness (QED) is 0.792. The molecule has 98 valence electrons. The summed E-state index contributed by atoms with van der Waals surface area (Å²) in [5.74, 6) is -2.36. The molecule has 1 rings (SSSR count). The first-order chi connectivity index (χ1) is 8.34. The van der Waals surface area contributed by atoms with Crippen LogP contribution in [0.25, 0.3) is 0 Å². The third-order valence-electron chi connectivity index (χ3n) is 3.06. The van der Waals surface area contributed by atoms with Gasteiger partial charge < -0.3 is 0 Å². The van der Waals surface area contributed by atoms with Crippen molar-refractivity contribution in [1.82, 2.24) is 0 Å². The highest BCUT2D eigenvalue weighted by atomic mass is 32.2. The molecule has 0 heterocycles. The summed E-state index contributed by atoms with van der Waals surface area (Å²) in [5, 5.41) is 9.10. The van der Waals surface area contributed by atoms with Crippen LogP contribution in [0.2, 0.25) is 0 Å². The van der Waals surface area contributed by atoms with Gasteiger partial charge in [0, 0.05) is 0 Å². The summed E-state index contributed by atoms with van der Waals surface area (Å²) in [6.45, 7) is 3.15. The van der Waals surface area contributed by atoms with E-state index < -0.39 is 26.2 Å². The maximum Gasteiger partial charge on any atom is 0.197 e. The summed E-state index contributed by atoms with van der Waals surface area (Å²) >= 11 is 0. The molecule has 0 aliphatic heterocycles. The molecule has 0 N–H and O–H groups in total. The average Bonchev–Trinajstić information content (AvgIpc) is 2.35. The highest BCUT2D eigenvalue weighted by Gasteiger charge is 2.42. The Morgan fingerprint density at radius 3 is 2.17 bits per heavy atom. The van der Waals surface area contributed by atoms with Crippen molar-refractivity contribution in [2.45, 2.75) is 36.3 Å². The van der Waals surface area contributed by atoms with Gasteiger partial charge in [-0.1, -0.05) is 13.8 Å². The third kappa shape index (κ3) is 2.10. The van der Waals surface area contributed by atoms with Gasteiger partial charge in [0.25, 0.3) is 0 Å². The largest absolute Gasteiger partial charge is 0.222 e. The first kappa shape index (κ1) is 14.6. The number of sulfone groups is 1. The van der Waals surface area contributed by atoms with Gasteiger partial charge in [0.2, 0.25) is 0 Å². The molecule has 0 bridgehead atoms. The van der Waals surface area contributed by atoms with E-state index in [2.05, 4.69) is 0 Å². The van der Waals surface area contributed by atoms with Gasteiger partial charge in [-0.15, -0.1) is 0 Å². The molecule has 0 saturated heterocycles. The molecule has 6 heteroatoms. The predicted octanol–water partition coefficient (Wildman–Crippen LogP) is 2.82. The van der Waals surface area contributed by atoms with E-state index in [0.29, 0.717) is 6.07 Å². The summed E-state index contributed by atoms with van der Waals surface area (Å²) in [4.78, 5) is -0.369. The molecule has 0 saturated carbocycles. The topological polar surface area (TPSA) is 57.9 Å². The van der Waals surface area contributed by atoms with Crippen LogP contribution >= 0.6 is 0 Å². The third-order valence-corrected chi connectivity index (χ3v) is 5.63. The van der Waals surface area contributed by atoms with Crippen LogP contribution in [-0.2, 0) is 9.84 Å². The lowest BCUT2D eigenvalue weighted by Crippen LogP contribution is -2.36. The van der Waals surface area contributed by atoms with Crippen molar-refractivity contribution < 1.29 is 17.2 Å². The van der Waals surface area contributed by atoms with Gasteiger partial charge in [-0.25, -0.2) is 17.2 Å². The minimum atomic E-state index is -4.02. The van der Waals surface area contributed by atoms with Crippen molar-refractivity contribution in [1.29, 1.82) is 5.26 Å². The molecule has 1 aromatic rings. The lowest BCUT2D eigenvalue weighted by molar-refractivity contribution is 0.502. The highest BCUT2D eigenvalue weighted by Crippen LogP contribution is 2.32. The van der Waals surface area contributed by atoms with Crippen LogP contribution in [0.3, 0.4) is 0 Å². The fourth-order valence-electron chi connectivity index (χ4n) is 1.72. The molecule has 0 amide bonds. The van der Waals surface area contributed by atoms with Crippen LogP contribution in [0.5, 0.6) is 0 Å². The summed E-state index contributed by atoms with van der Waals surface area (Å²) < 4.78 is 48.9. The number of benzene rings is 1. The zero-order valence-corrected chi connectivity index (χ0v) is 10.9. The maximum absolute atomic E-state index is 13.1. The van der Waals surface area contributed by atoms with Crippen molar-refractivity contribution >= 4 is 9.84 Å². The van der Waals surface area contributed by atoms with Crippen molar-refractivity contribution in [3.8, 4) is 6.07 Å². The number of hydrogen-bond donors (Lipinski definition) is 0. The summed E-state index contributed by atoms with van der Waals surface area (Å²) in [7, 11) is -4.02. The Morgan fingerprint density at radius 2 is 1.78 bits per heavy atom. The molecule has 0 aliphatic carbocycles. The summed E-state index contributed by atoms with van der Waals surface area (Å²) in [6.07, 6.45) is 0.169. The van der Waals surface area contributed by atoms with Crippen LogP contribution < -0.4 is 0 Å². The first-order valence-corrected chi connectivity index (χ1v) is 6.94. The van der Waals surface area contributed by atoms with Crippen LogP contribution in [0, 0.1) is 23.0 Å². The number of nitrogens with zero attached hydrogens (tertiary/aromatic N) is 1. The molecule has 0 unspecified atom stereocenters. The molecule has 0 radical (unpaired) electrons. The minimum absolute atomic E-state index is 0.0847. The highest BCUT2D eigenvalue weighted by molar-refractivity contribution is 7.93. The maximum atomic E-state index is 13.1. The van der Waals surface area contributed by atoms with Gasteiger partial charge in [0.05, 0.1) is 11.0 Å². The number of nitriles is 1. The SMILES string of the molecule is CCC(C#N)(CC)S(=O)(=O)c1ccc(F)c(F)c1. The first-order valence-electron chi connectivity index (χ1n) is 5.45. The fourth-order valence-corrected chi connectivity index (χ4v) is 3.56. The number of halogens is 2. The van der Waals surface area contributed by atoms with Crippen LogP contribution in [0.4, 0.5) is 8.78 Å². The fraction of sp³-hybridized carbons (Fsp3) is 0.417. The van der Waals surface area contributed by atoms with Crippen molar-refractivity contribution in [3.63, 3.8) is 0 Å². The second-order valence-corrected chi connectivity index (χ2v) is 6.15. The van der Waals surface area contributed by atoms with E-state index in [1.165, 1.54) is 0 Å². The van der Waals surface area contributed by atoms with E-state index in [1.807, 2.05) is 0 Å². The van der Waals surface area contributed by atoms with Crippen molar-refractivity contribution in [2.24, 2.45) is 0 Å². The Kier molecular flexibility index (Phi) is 4.07. The summed E-state index contributed by atoms with van der Waals surface area (Å²) in [5.41, 5.74) is 0. The monoisotopic (exact) mass is 273 g/mol. The van der Waals surface area contributed by atoms with Crippen molar-refractivity contribution in [2.75, 3.05) is 0 Å². The van der Waals surface area contributed by atoms with E-state index in [4.69, 9.17) is 5.26 Å². The zero-order chi connectivity index (χ0) is 14.0. The lowest BCUT2D eigenvalue weighted by atomic mass is 10.1. The zero-order valence-electron chi connectivity index (χ0n) is 10.1. The Bertz CT molecular complexity index is 587. The predicted molar refractivity (Wildman–Crippen MR) is 62.5 cm³/mol. The van der Waals surface area contributed by atoms with Gasteiger partial charge in [0.15, 0.2) is 26.2 Å². The van der Waals surface area contributed by atoms with Gasteiger partial charge >= 0.3 is 0 Å². The lowest BCUT2D eigenvalue weighted by Gasteiger charge is -2.23. The second kappa shape index (κ2) is 5.02. The van der Waals surface area contributed by atoms with E-state index >= 15 is 0 Å².